The third-order valence-corrected chi connectivity index (χ3v) is 5.26. The molecule has 7 heteroatoms. The van der Waals surface area contributed by atoms with Crippen LogP contribution in [-0.2, 0) is 0 Å². The molecule has 1 aromatic carbocycles. The summed E-state index contributed by atoms with van der Waals surface area (Å²) in [7, 11) is 0. The van der Waals surface area contributed by atoms with Gasteiger partial charge in [0.25, 0.3) is 5.91 Å². The molecule has 6 nitrogen and oxygen atoms in total. The van der Waals surface area contributed by atoms with Crippen LogP contribution in [0.4, 0.5) is 0 Å². The number of aromatic nitrogens is 2. The van der Waals surface area contributed by atoms with Gasteiger partial charge in [0.1, 0.15) is 16.2 Å². The third kappa shape index (κ3) is 2.31. The number of para-hydroxylation sites is 1. The highest BCUT2D eigenvalue weighted by Crippen LogP contribution is 2.39. The standard InChI is InChI=1S/C16H15N3O3S/c1-10-14(23-18-17-10)15(21)19-7-6-16(9-19)8-12(20)11-4-2-3-5-13(11)22-16/h2-5H,6-9H2,1H3/t16-/m0/s1. The average molecular weight is 329 g/mol. The average Bonchev–Trinajstić information content (AvgIpc) is 3.13. The summed E-state index contributed by atoms with van der Waals surface area (Å²) in [5, 5.41) is 3.89. The van der Waals surface area contributed by atoms with E-state index in [-0.39, 0.29) is 11.7 Å². The van der Waals surface area contributed by atoms with Gasteiger partial charge in [0.2, 0.25) is 0 Å². The number of Topliss-reactive ketones (excluding diaryl/α,β-unsaturated/α-hetero) is 1. The number of carbonyl (C=O) groups is 2. The number of fused-ring (bicyclic) bond motifs is 1. The van der Waals surface area contributed by atoms with E-state index in [2.05, 4.69) is 9.59 Å². The summed E-state index contributed by atoms with van der Waals surface area (Å²) in [6, 6.07) is 7.29. The van der Waals surface area contributed by atoms with Gasteiger partial charge >= 0.3 is 0 Å². The molecule has 1 spiro atoms. The number of ether oxygens (including phenoxy) is 1. The van der Waals surface area contributed by atoms with Crippen LogP contribution in [0.3, 0.4) is 0 Å². The van der Waals surface area contributed by atoms with Gasteiger partial charge < -0.3 is 9.64 Å². The molecule has 1 amide bonds. The molecule has 1 aromatic heterocycles. The van der Waals surface area contributed by atoms with Gasteiger partial charge in [0.05, 0.1) is 24.2 Å². The first-order chi connectivity index (χ1) is 11.1. The quantitative estimate of drug-likeness (QED) is 0.801. The smallest absolute Gasteiger partial charge is 0.267 e. The van der Waals surface area contributed by atoms with Gasteiger partial charge in [-0.2, -0.15) is 0 Å². The Morgan fingerprint density at radius 2 is 2.22 bits per heavy atom. The fourth-order valence-corrected chi connectivity index (χ4v) is 3.89. The zero-order chi connectivity index (χ0) is 16.0. The van der Waals surface area contributed by atoms with Gasteiger partial charge in [-0.15, -0.1) is 5.10 Å². The minimum Gasteiger partial charge on any atom is -0.484 e. The lowest BCUT2D eigenvalue weighted by Crippen LogP contribution is -2.45. The number of carbonyl (C=O) groups excluding carboxylic acids is 2. The van der Waals surface area contributed by atoms with Crippen LogP contribution in [0.25, 0.3) is 0 Å². The summed E-state index contributed by atoms with van der Waals surface area (Å²) in [4.78, 5) is 27.3. The van der Waals surface area contributed by atoms with Crippen LogP contribution in [0.15, 0.2) is 24.3 Å². The normalized spacial score (nSPS) is 23.0. The lowest BCUT2D eigenvalue weighted by atomic mass is 9.89. The third-order valence-electron chi connectivity index (χ3n) is 4.45. The first-order valence-corrected chi connectivity index (χ1v) is 8.25. The lowest BCUT2D eigenvalue weighted by molar-refractivity contribution is 0.0429. The Hall–Kier alpha value is -2.28. The molecule has 1 fully saturated rings. The van der Waals surface area contributed by atoms with Crippen LogP contribution in [-0.4, -0.2) is 44.9 Å². The predicted octanol–water partition coefficient (Wildman–Crippen LogP) is 2.10. The number of rotatable bonds is 1. The molecule has 2 aliphatic rings. The minimum absolute atomic E-state index is 0.0794. The van der Waals surface area contributed by atoms with E-state index in [1.54, 1.807) is 17.9 Å². The van der Waals surface area contributed by atoms with Crippen LogP contribution in [0.1, 0.15) is 38.6 Å². The molecule has 4 rings (SSSR count). The van der Waals surface area contributed by atoms with E-state index in [0.717, 1.165) is 11.5 Å². The van der Waals surface area contributed by atoms with Crippen molar-refractivity contribution in [1.29, 1.82) is 0 Å². The Morgan fingerprint density at radius 3 is 3.00 bits per heavy atom. The Balaban J connectivity index is 1.58. The van der Waals surface area contributed by atoms with Gasteiger partial charge in [0.15, 0.2) is 5.78 Å². The molecule has 0 saturated carbocycles. The molecule has 1 saturated heterocycles. The number of benzene rings is 1. The lowest BCUT2D eigenvalue weighted by Gasteiger charge is -2.34. The predicted molar refractivity (Wildman–Crippen MR) is 83.9 cm³/mol. The van der Waals surface area contributed by atoms with Crippen molar-refractivity contribution >= 4 is 23.2 Å². The molecule has 0 radical (unpaired) electrons. The molecule has 2 aliphatic heterocycles. The molecule has 118 valence electrons. The minimum atomic E-state index is -0.604. The van der Waals surface area contributed by atoms with Crippen LogP contribution in [0.5, 0.6) is 5.75 Å². The Bertz CT molecular complexity index is 803. The van der Waals surface area contributed by atoms with E-state index < -0.39 is 5.60 Å². The SMILES string of the molecule is Cc1nnsc1C(=O)N1CC[C@]2(CC(=O)c3ccccc3O2)C1. The Kier molecular flexibility index (Phi) is 3.19. The van der Waals surface area contributed by atoms with Crippen molar-refractivity contribution in [3.05, 3.63) is 40.4 Å². The maximum absolute atomic E-state index is 12.6. The van der Waals surface area contributed by atoms with Gasteiger partial charge in [0, 0.05) is 13.0 Å². The molecule has 23 heavy (non-hydrogen) atoms. The first-order valence-electron chi connectivity index (χ1n) is 7.47. The van der Waals surface area contributed by atoms with E-state index in [0.29, 0.717) is 47.8 Å². The monoisotopic (exact) mass is 329 g/mol. The summed E-state index contributed by atoms with van der Waals surface area (Å²) in [5.74, 6) is 0.620. The maximum atomic E-state index is 12.6. The first kappa shape index (κ1) is 14.3. The zero-order valence-electron chi connectivity index (χ0n) is 12.6. The molecule has 0 N–H and O–H groups in total. The van der Waals surface area contributed by atoms with E-state index in [1.165, 1.54) is 0 Å². The van der Waals surface area contributed by atoms with Crippen molar-refractivity contribution in [1.82, 2.24) is 14.5 Å². The second-order valence-corrected chi connectivity index (χ2v) is 6.80. The maximum Gasteiger partial charge on any atom is 0.267 e. The summed E-state index contributed by atoms with van der Waals surface area (Å²) in [5.41, 5.74) is 0.671. The summed E-state index contributed by atoms with van der Waals surface area (Å²) >= 11 is 1.11. The summed E-state index contributed by atoms with van der Waals surface area (Å²) in [6.07, 6.45) is 0.970. The van der Waals surface area contributed by atoms with Crippen molar-refractivity contribution in [2.75, 3.05) is 13.1 Å². The summed E-state index contributed by atoms with van der Waals surface area (Å²) < 4.78 is 9.96. The Morgan fingerprint density at radius 1 is 1.39 bits per heavy atom. The molecular weight excluding hydrogens is 314 g/mol. The number of amides is 1. The fraction of sp³-hybridized carbons (Fsp3) is 0.375. The molecule has 2 aromatic rings. The highest BCUT2D eigenvalue weighted by Gasteiger charge is 2.47. The Labute approximate surface area is 137 Å². The van der Waals surface area contributed by atoms with E-state index in [4.69, 9.17) is 4.74 Å². The van der Waals surface area contributed by atoms with Crippen LogP contribution in [0.2, 0.25) is 0 Å². The molecule has 1 atom stereocenters. The second-order valence-electron chi connectivity index (χ2n) is 6.05. The van der Waals surface area contributed by atoms with Crippen molar-refractivity contribution in [3.8, 4) is 5.75 Å². The number of aryl methyl sites for hydroxylation is 1. The molecule has 0 aliphatic carbocycles. The van der Waals surface area contributed by atoms with E-state index >= 15 is 0 Å². The van der Waals surface area contributed by atoms with Crippen molar-refractivity contribution < 1.29 is 14.3 Å². The van der Waals surface area contributed by atoms with Crippen LogP contribution >= 0.6 is 11.5 Å². The zero-order valence-corrected chi connectivity index (χ0v) is 13.4. The number of hydrogen-bond acceptors (Lipinski definition) is 6. The highest BCUT2D eigenvalue weighted by atomic mass is 32.1. The molecule has 3 heterocycles. The van der Waals surface area contributed by atoms with Gasteiger partial charge in [-0.3, -0.25) is 9.59 Å². The number of ketones is 1. The van der Waals surface area contributed by atoms with Crippen molar-refractivity contribution in [2.24, 2.45) is 0 Å². The molecule has 0 unspecified atom stereocenters. The molecular formula is C16H15N3O3S. The van der Waals surface area contributed by atoms with Crippen molar-refractivity contribution in [2.45, 2.75) is 25.4 Å². The number of likely N-dealkylation sites (tertiary alicyclic amines) is 1. The van der Waals surface area contributed by atoms with Gasteiger partial charge in [-0.25, -0.2) is 0 Å². The van der Waals surface area contributed by atoms with Gasteiger partial charge in [-0.1, -0.05) is 16.6 Å². The van der Waals surface area contributed by atoms with Crippen molar-refractivity contribution in [3.63, 3.8) is 0 Å². The van der Waals surface area contributed by atoms with Crippen LogP contribution < -0.4 is 4.74 Å². The number of nitrogens with zero attached hydrogens (tertiary/aromatic N) is 3. The molecule has 0 bridgehead atoms. The van der Waals surface area contributed by atoms with Crippen LogP contribution in [0, 0.1) is 6.92 Å². The van der Waals surface area contributed by atoms with E-state index in [9.17, 15) is 9.59 Å². The number of hydrogen-bond donors (Lipinski definition) is 0. The van der Waals surface area contributed by atoms with Gasteiger partial charge in [-0.05, 0) is 30.6 Å². The fourth-order valence-electron chi connectivity index (χ4n) is 3.26. The largest absolute Gasteiger partial charge is 0.484 e. The summed E-state index contributed by atoms with van der Waals surface area (Å²) in [6.45, 7) is 2.77. The van der Waals surface area contributed by atoms with E-state index in [1.807, 2.05) is 18.2 Å². The second kappa shape index (κ2) is 5.13. The highest BCUT2D eigenvalue weighted by molar-refractivity contribution is 7.07. The topological polar surface area (TPSA) is 72.4 Å².